The minimum absolute atomic E-state index is 0.00950. The van der Waals surface area contributed by atoms with Gasteiger partial charge >= 0.3 is 0 Å². The van der Waals surface area contributed by atoms with E-state index in [2.05, 4.69) is 18.0 Å². The lowest BCUT2D eigenvalue weighted by Gasteiger charge is -2.20. The highest BCUT2D eigenvalue weighted by Gasteiger charge is 2.18. The number of hydrogen-bond acceptors (Lipinski definition) is 3. The van der Waals surface area contributed by atoms with E-state index in [9.17, 15) is 4.79 Å². The number of allylic oxidation sites excluding steroid dienone is 1. The molecule has 1 saturated carbocycles. The van der Waals surface area contributed by atoms with Crippen molar-refractivity contribution in [1.82, 2.24) is 5.32 Å². The Hall–Kier alpha value is -1.81. The third kappa shape index (κ3) is 6.45. The van der Waals surface area contributed by atoms with Crippen molar-refractivity contribution in [3.8, 4) is 0 Å². The molecule has 0 heterocycles. The van der Waals surface area contributed by atoms with E-state index in [-0.39, 0.29) is 18.0 Å². The van der Waals surface area contributed by atoms with Gasteiger partial charge in [-0.2, -0.15) is 0 Å². The lowest BCUT2D eigenvalue weighted by Crippen LogP contribution is -2.33. The molecular formula is C19H28N2O2. The number of rotatable bonds is 8. The maximum Gasteiger partial charge on any atom is 0.224 e. The largest absolute Gasteiger partial charge is 0.491 e. The molecule has 2 atom stereocenters. The van der Waals surface area contributed by atoms with Crippen molar-refractivity contribution in [2.75, 3.05) is 0 Å². The Labute approximate surface area is 139 Å². The van der Waals surface area contributed by atoms with Crippen LogP contribution in [0.4, 0.5) is 0 Å². The molecule has 1 fully saturated rings. The van der Waals surface area contributed by atoms with Crippen molar-refractivity contribution in [1.29, 1.82) is 0 Å². The SMILES string of the molecule is C=CCC(N)/C=C\CC(=O)NC1C=CC(OC2CCCC2)=CC1. The second kappa shape index (κ2) is 9.36. The first-order valence-corrected chi connectivity index (χ1v) is 8.55. The van der Waals surface area contributed by atoms with Gasteiger partial charge in [0.2, 0.25) is 5.91 Å². The van der Waals surface area contributed by atoms with Crippen molar-refractivity contribution in [3.05, 3.63) is 48.8 Å². The molecule has 23 heavy (non-hydrogen) atoms. The van der Waals surface area contributed by atoms with Gasteiger partial charge in [-0.25, -0.2) is 0 Å². The van der Waals surface area contributed by atoms with Crippen molar-refractivity contribution in [2.24, 2.45) is 5.73 Å². The number of amides is 1. The summed E-state index contributed by atoms with van der Waals surface area (Å²) in [6.07, 6.45) is 18.6. The number of carbonyl (C=O) groups is 1. The van der Waals surface area contributed by atoms with E-state index in [4.69, 9.17) is 10.5 Å². The van der Waals surface area contributed by atoms with Gasteiger partial charge in [-0.15, -0.1) is 6.58 Å². The van der Waals surface area contributed by atoms with Gasteiger partial charge in [0.1, 0.15) is 5.76 Å². The molecule has 2 aliphatic carbocycles. The van der Waals surface area contributed by atoms with Crippen LogP contribution in [0, 0.1) is 0 Å². The first-order chi connectivity index (χ1) is 11.2. The molecule has 126 valence electrons. The molecule has 0 bridgehead atoms. The Balaban J connectivity index is 1.67. The Morgan fingerprint density at radius 1 is 1.48 bits per heavy atom. The van der Waals surface area contributed by atoms with Crippen LogP contribution in [-0.2, 0) is 9.53 Å². The predicted molar refractivity (Wildman–Crippen MR) is 93.7 cm³/mol. The molecule has 3 N–H and O–H groups in total. The molecule has 0 saturated heterocycles. The molecule has 4 nitrogen and oxygen atoms in total. The summed E-state index contributed by atoms with van der Waals surface area (Å²) >= 11 is 0. The smallest absolute Gasteiger partial charge is 0.224 e. The van der Waals surface area contributed by atoms with E-state index in [1.807, 2.05) is 24.3 Å². The minimum atomic E-state index is -0.0619. The maximum atomic E-state index is 11.9. The van der Waals surface area contributed by atoms with Gasteiger partial charge in [0.25, 0.3) is 0 Å². The molecule has 4 heteroatoms. The lowest BCUT2D eigenvalue weighted by molar-refractivity contribution is -0.120. The molecular weight excluding hydrogens is 288 g/mol. The Morgan fingerprint density at radius 3 is 2.91 bits per heavy atom. The summed E-state index contributed by atoms with van der Waals surface area (Å²) in [5.74, 6) is 0.952. The summed E-state index contributed by atoms with van der Waals surface area (Å²) in [5, 5.41) is 3.00. The van der Waals surface area contributed by atoms with Crippen LogP contribution in [0.15, 0.2) is 48.8 Å². The topological polar surface area (TPSA) is 64.4 Å². The van der Waals surface area contributed by atoms with Gasteiger partial charge < -0.3 is 15.8 Å². The highest BCUT2D eigenvalue weighted by atomic mass is 16.5. The first-order valence-electron chi connectivity index (χ1n) is 8.55. The van der Waals surface area contributed by atoms with Crippen LogP contribution >= 0.6 is 0 Å². The van der Waals surface area contributed by atoms with Crippen LogP contribution in [0.5, 0.6) is 0 Å². The number of nitrogens with one attached hydrogen (secondary N) is 1. The van der Waals surface area contributed by atoms with Crippen LogP contribution in [0.25, 0.3) is 0 Å². The van der Waals surface area contributed by atoms with E-state index < -0.39 is 0 Å². The quantitative estimate of drug-likeness (QED) is 0.676. The molecule has 0 spiro atoms. The van der Waals surface area contributed by atoms with Gasteiger partial charge in [0.05, 0.1) is 12.1 Å². The van der Waals surface area contributed by atoms with Crippen molar-refractivity contribution in [2.45, 2.75) is 63.1 Å². The third-order valence-electron chi connectivity index (χ3n) is 4.14. The first kappa shape index (κ1) is 17.5. The second-order valence-electron chi connectivity index (χ2n) is 6.22. The van der Waals surface area contributed by atoms with Gasteiger partial charge in [-0.1, -0.05) is 24.3 Å². The fourth-order valence-electron chi connectivity index (χ4n) is 2.88. The molecule has 0 aromatic carbocycles. The Bertz CT molecular complexity index is 488. The van der Waals surface area contributed by atoms with E-state index in [0.717, 1.165) is 31.4 Å². The van der Waals surface area contributed by atoms with Crippen LogP contribution in [0.1, 0.15) is 44.9 Å². The van der Waals surface area contributed by atoms with Gasteiger partial charge in [-0.3, -0.25) is 4.79 Å². The minimum Gasteiger partial charge on any atom is -0.491 e. The predicted octanol–water partition coefficient (Wildman–Crippen LogP) is 3.12. The van der Waals surface area contributed by atoms with Crippen molar-refractivity contribution >= 4 is 5.91 Å². The average Bonchev–Trinajstić information content (AvgIpc) is 3.02. The number of hydrogen-bond donors (Lipinski definition) is 2. The zero-order valence-corrected chi connectivity index (χ0v) is 13.7. The standard InChI is InChI=1S/C19H28N2O2/c1-2-6-15(20)7-5-10-19(22)21-16-11-13-18(14-12-16)23-17-8-3-4-9-17/h2,5,7,11,13-17H,1,3-4,6,8-10,12,20H2,(H,21,22)/b7-5-. The summed E-state index contributed by atoms with van der Waals surface area (Å²) in [7, 11) is 0. The van der Waals surface area contributed by atoms with Crippen molar-refractivity contribution in [3.63, 3.8) is 0 Å². The summed E-state index contributed by atoms with van der Waals surface area (Å²) in [4.78, 5) is 11.9. The summed E-state index contributed by atoms with van der Waals surface area (Å²) in [5.41, 5.74) is 5.81. The molecule has 2 aliphatic rings. The van der Waals surface area contributed by atoms with Gasteiger partial charge in [0, 0.05) is 12.5 Å². The summed E-state index contributed by atoms with van der Waals surface area (Å²) in [6, 6.07) is -0.0122. The van der Waals surface area contributed by atoms with Gasteiger partial charge in [0.15, 0.2) is 0 Å². The molecule has 0 radical (unpaired) electrons. The maximum absolute atomic E-state index is 11.9. The van der Waals surface area contributed by atoms with E-state index in [1.54, 1.807) is 6.08 Å². The highest BCUT2D eigenvalue weighted by Crippen LogP contribution is 2.25. The zero-order valence-electron chi connectivity index (χ0n) is 13.7. The zero-order chi connectivity index (χ0) is 16.5. The van der Waals surface area contributed by atoms with Crippen molar-refractivity contribution < 1.29 is 9.53 Å². The normalized spacial score (nSPS) is 22.8. The lowest BCUT2D eigenvalue weighted by atomic mass is 10.1. The van der Waals surface area contributed by atoms with E-state index >= 15 is 0 Å². The Kier molecular flexibility index (Phi) is 7.14. The van der Waals surface area contributed by atoms with Crippen LogP contribution in [-0.4, -0.2) is 24.1 Å². The van der Waals surface area contributed by atoms with E-state index in [1.165, 1.54) is 12.8 Å². The van der Waals surface area contributed by atoms with Gasteiger partial charge in [-0.05, 0) is 50.7 Å². The fourth-order valence-corrected chi connectivity index (χ4v) is 2.88. The summed E-state index contributed by atoms with van der Waals surface area (Å²) in [6.45, 7) is 3.64. The second-order valence-corrected chi connectivity index (χ2v) is 6.22. The summed E-state index contributed by atoms with van der Waals surface area (Å²) < 4.78 is 5.95. The molecule has 2 unspecified atom stereocenters. The van der Waals surface area contributed by atoms with E-state index in [0.29, 0.717) is 12.5 Å². The average molecular weight is 316 g/mol. The molecule has 0 aromatic heterocycles. The molecule has 1 amide bonds. The monoisotopic (exact) mass is 316 g/mol. The number of nitrogens with two attached hydrogens (primary N) is 1. The number of ether oxygens (including phenoxy) is 1. The number of carbonyl (C=O) groups excluding carboxylic acids is 1. The van der Waals surface area contributed by atoms with Crippen LogP contribution in [0.3, 0.4) is 0 Å². The fraction of sp³-hybridized carbons (Fsp3) is 0.526. The molecule has 0 aliphatic heterocycles. The van der Waals surface area contributed by atoms with Crippen LogP contribution in [0.2, 0.25) is 0 Å². The highest BCUT2D eigenvalue weighted by molar-refractivity contribution is 5.78. The molecule has 2 rings (SSSR count). The Morgan fingerprint density at radius 2 is 2.26 bits per heavy atom. The third-order valence-corrected chi connectivity index (χ3v) is 4.14. The van der Waals surface area contributed by atoms with Crippen LogP contribution < -0.4 is 11.1 Å². The molecule has 0 aromatic rings.